The highest BCUT2D eigenvalue weighted by molar-refractivity contribution is 8.09. The van der Waals surface area contributed by atoms with Crippen LogP contribution in [0.4, 0.5) is 10.5 Å². The van der Waals surface area contributed by atoms with E-state index in [0.717, 1.165) is 10.5 Å². The SMILES string of the molecule is Nc1ccc([S+](Cc2ccccc2)C(=O)[O-])cc1. The summed E-state index contributed by atoms with van der Waals surface area (Å²) >= 11 is 0. The van der Waals surface area contributed by atoms with Crippen LogP contribution < -0.4 is 10.8 Å². The van der Waals surface area contributed by atoms with Gasteiger partial charge in [0.2, 0.25) is 0 Å². The highest BCUT2D eigenvalue weighted by Crippen LogP contribution is 2.20. The largest absolute Gasteiger partial charge is 0.504 e. The minimum atomic E-state index is -1.04. The fraction of sp³-hybridized carbons (Fsp3) is 0.0714. The van der Waals surface area contributed by atoms with Gasteiger partial charge in [0.25, 0.3) is 5.30 Å². The maximum atomic E-state index is 11.3. The zero-order chi connectivity index (χ0) is 13.0. The Bertz CT molecular complexity index is 525. The number of carbonyl (C=O) groups is 1. The average Bonchev–Trinajstić information content (AvgIpc) is 2.38. The van der Waals surface area contributed by atoms with E-state index in [2.05, 4.69) is 0 Å². The summed E-state index contributed by atoms with van der Waals surface area (Å²) in [6.07, 6.45) is 0. The molecule has 0 saturated carbocycles. The molecule has 0 aliphatic heterocycles. The number of hydrogen-bond donors (Lipinski definition) is 1. The van der Waals surface area contributed by atoms with Gasteiger partial charge in [0.1, 0.15) is 5.75 Å². The van der Waals surface area contributed by atoms with E-state index in [1.807, 2.05) is 30.3 Å². The summed E-state index contributed by atoms with van der Waals surface area (Å²) in [5, 5.41) is 10.2. The molecule has 0 fully saturated rings. The Balaban J connectivity index is 2.24. The summed E-state index contributed by atoms with van der Waals surface area (Å²) in [7, 11) is -0.949. The number of hydrogen-bond acceptors (Lipinski definition) is 3. The summed E-state index contributed by atoms with van der Waals surface area (Å²) in [4.78, 5) is 12.0. The monoisotopic (exact) mass is 259 g/mol. The highest BCUT2D eigenvalue weighted by Gasteiger charge is 2.24. The fourth-order valence-electron chi connectivity index (χ4n) is 1.61. The Hall–Kier alpha value is -1.94. The molecule has 4 heteroatoms. The first-order chi connectivity index (χ1) is 8.66. The minimum absolute atomic E-state index is 0.451. The molecule has 2 rings (SSSR count). The molecule has 3 nitrogen and oxygen atoms in total. The lowest BCUT2D eigenvalue weighted by molar-refractivity contribution is -0.233. The standard InChI is InChI=1S/C14H13NO2S/c15-12-6-8-13(9-7-12)18(14(16)17)10-11-4-2-1-3-5-11/h1-9H,10,15H2. The number of nitrogen functional groups attached to an aromatic ring is 1. The quantitative estimate of drug-likeness (QED) is 0.675. The van der Waals surface area contributed by atoms with Crippen molar-refractivity contribution >= 4 is 21.9 Å². The molecule has 0 heterocycles. The molecule has 0 radical (unpaired) electrons. The summed E-state index contributed by atoms with van der Waals surface area (Å²) in [5.41, 5.74) is 7.21. The Labute approximate surface area is 109 Å². The molecule has 0 aliphatic carbocycles. The van der Waals surface area contributed by atoms with Gasteiger partial charge in [-0.15, -0.1) is 0 Å². The lowest BCUT2D eigenvalue weighted by atomic mass is 10.2. The van der Waals surface area contributed by atoms with Gasteiger partial charge in [0.15, 0.2) is 4.90 Å². The Kier molecular flexibility index (Phi) is 3.89. The highest BCUT2D eigenvalue weighted by atomic mass is 32.2. The number of rotatable bonds is 3. The van der Waals surface area contributed by atoms with Crippen molar-refractivity contribution in [2.75, 3.05) is 5.73 Å². The van der Waals surface area contributed by atoms with E-state index in [1.165, 1.54) is 0 Å². The van der Waals surface area contributed by atoms with Gasteiger partial charge < -0.3 is 15.6 Å². The van der Waals surface area contributed by atoms with Crippen LogP contribution in [0.3, 0.4) is 0 Å². The van der Waals surface area contributed by atoms with Crippen molar-refractivity contribution in [2.24, 2.45) is 0 Å². The predicted molar refractivity (Wildman–Crippen MR) is 72.0 cm³/mol. The van der Waals surface area contributed by atoms with Crippen LogP contribution in [-0.2, 0) is 16.6 Å². The van der Waals surface area contributed by atoms with E-state index in [9.17, 15) is 9.90 Å². The van der Waals surface area contributed by atoms with Gasteiger partial charge in [0, 0.05) is 11.3 Å². The second-order valence-corrected chi connectivity index (χ2v) is 5.71. The minimum Gasteiger partial charge on any atom is -0.504 e. The summed E-state index contributed by atoms with van der Waals surface area (Å²) < 4.78 is 0. The zero-order valence-electron chi connectivity index (χ0n) is 9.71. The molecule has 2 aromatic rings. The van der Waals surface area contributed by atoms with Crippen molar-refractivity contribution in [1.29, 1.82) is 0 Å². The van der Waals surface area contributed by atoms with Gasteiger partial charge in [-0.2, -0.15) is 0 Å². The van der Waals surface area contributed by atoms with Crippen molar-refractivity contribution in [3.8, 4) is 0 Å². The van der Waals surface area contributed by atoms with Crippen LogP contribution in [0.2, 0.25) is 0 Å². The van der Waals surface area contributed by atoms with Crippen LogP contribution >= 0.6 is 0 Å². The van der Waals surface area contributed by atoms with E-state index in [-0.39, 0.29) is 0 Å². The van der Waals surface area contributed by atoms with Crippen molar-refractivity contribution < 1.29 is 9.90 Å². The molecule has 0 spiro atoms. The third-order valence-electron chi connectivity index (χ3n) is 2.52. The molecule has 0 saturated heterocycles. The summed E-state index contributed by atoms with van der Waals surface area (Å²) in [6, 6.07) is 16.5. The van der Waals surface area contributed by atoms with Crippen LogP contribution in [0.5, 0.6) is 0 Å². The molecule has 0 bridgehead atoms. The molecule has 1 atom stereocenters. The zero-order valence-corrected chi connectivity index (χ0v) is 10.5. The molecule has 92 valence electrons. The predicted octanol–water partition coefficient (Wildman–Crippen LogP) is 1.79. The van der Waals surface area contributed by atoms with E-state index in [0.29, 0.717) is 11.4 Å². The number of benzene rings is 2. The van der Waals surface area contributed by atoms with Crippen molar-refractivity contribution in [2.45, 2.75) is 10.6 Å². The van der Waals surface area contributed by atoms with Crippen LogP contribution in [0.15, 0.2) is 59.5 Å². The van der Waals surface area contributed by atoms with Crippen LogP contribution in [0, 0.1) is 0 Å². The third kappa shape index (κ3) is 3.05. The lowest BCUT2D eigenvalue weighted by Crippen LogP contribution is -2.31. The van der Waals surface area contributed by atoms with Gasteiger partial charge >= 0.3 is 0 Å². The van der Waals surface area contributed by atoms with Gasteiger partial charge in [-0.3, -0.25) is 0 Å². The third-order valence-corrected chi connectivity index (χ3v) is 4.39. The van der Waals surface area contributed by atoms with Crippen LogP contribution in [-0.4, -0.2) is 5.30 Å². The molecule has 0 aromatic heterocycles. The molecule has 1 unspecified atom stereocenters. The van der Waals surface area contributed by atoms with Gasteiger partial charge in [-0.05, 0) is 24.3 Å². The first-order valence-corrected chi connectivity index (χ1v) is 6.87. The van der Waals surface area contributed by atoms with Gasteiger partial charge in [0.05, 0.1) is 10.9 Å². The molecular weight excluding hydrogens is 246 g/mol. The Morgan fingerprint density at radius 1 is 1.06 bits per heavy atom. The number of anilines is 1. The van der Waals surface area contributed by atoms with Crippen LogP contribution in [0.25, 0.3) is 0 Å². The van der Waals surface area contributed by atoms with Crippen molar-refractivity contribution in [3.05, 3.63) is 60.2 Å². The lowest BCUT2D eigenvalue weighted by Gasteiger charge is -2.08. The van der Waals surface area contributed by atoms with Gasteiger partial charge in [-0.1, -0.05) is 30.3 Å². The van der Waals surface area contributed by atoms with Gasteiger partial charge in [-0.25, -0.2) is 0 Å². The molecular formula is C14H13NO2S. The normalized spacial score (nSPS) is 12.0. The van der Waals surface area contributed by atoms with Crippen LogP contribution in [0.1, 0.15) is 5.56 Å². The summed E-state index contributed by atoms with van der Waals surface area (Å²) in [5.74, 6) is 0.451. The summed E-state index contributed by atoms with van der Waals surface area (Å²) in [6.45, 7) is 0. The second-order valence-electron chi connectivity index (χ2n) is 3.84. The van der Waals surface area contributed by atoms with E-state index in [4.69, 9.17) is 5.73 Å². The van der Waals surface area contributed by atoms with Crippen molar-refractivity contribution in [3.63, 3.8) is 0 Å². The molecule has 0 aliphatic rings. The van der Waals surface area contributed by atoms with E-state index in [1.54, 1.807) is 24.3 Å². The maximum Gasteiger partial charge on any atom is 0.279 e. The molecule has 2 aromatic carbocycles. The first-order valence-electron chi connectivity index (χ1n) is 5.48. The second kappa shape index (κ2) is 5.60. The average molecular weight is 259 g/mol. The number of nitrogens with two attached hydrogens (primary N) is 1. The van der Waals surface area contributed by atoms with E-state index < -0.39 is 16.2 Å². The fourth-order valence-corrected chi connectivity index (χ4v) is 3.08. The molecule has 18 heavy (non-hydrogen) atoms. The van der Waals surface area contributed by atoms with E-state index >= 15 is 0 Å². The maximum absolute atomic E-state index is 11.3. The van der Waals surface area contributed by atoms with Crippen molar-refractivity contribution in [1.82, 2.24) is 0 Å². The molecule has 2 N–H and O–H groups in total. The topological polar surface area (TPSA) is 66.2 Å². The number of carbonyl (C=O) groups excluding carboxylic acids is 1. The Morgan fingerprint density at radius 3 is 2.22 bits per heavy atom. The smallest absolute Gasteiger partial charge is 0.279 e. The number of carboxylic acid groups (broad SMARTS) is 1. The first kappa shape index (κ1) is 12.5. The Morgan fingerprint density at radius 2 is 1.67 bits per heavy atom. The molecule has 0 amide bonds.